The van der Waals surface area contributed by atoms with E-state index in [9.17, 15) is 4.79 Å². The highest BCUT2D eigenvalue weighted by atomic mass is 16.4. The first-order valence-electron chi connectivity index (χ1n) is 6.99. The van der Waals surface area contributed by atoms with Gasteiger partial charge in [-0.25, -0.2) is 10.2 Å². The molecule has 3 rings (SSSR count). The summed E-state index contributed by atoms with van der Waals surface area (Å²) in [6, 6.07) is 10.0. The van der Waals surface area contributed by atoms with Crippen molar-refractivity contribution >= 4 is 5.97 Å². The first kappa shape index (κ1) is 14.1. The molecule has 1 atom stereocenters. The minimum atomic E-state index is -0.959. The fraction of sp³-hybridized carbons (Fsp3) is 0.0556. The molecular formula is C18H16N2O2. The lowest BCUT2D eigenvalue weighted by atomic mass is 9.90. The van der Waals surface area contributed by atoms with E-state index in [1.165, 1.54) is 6.08 Å². The lowest BCUT2D eigenvalue weighted by molar-refractivity contribution is -0.131. The fourth-order valence-electron chi connectivity index (χ4n) is 2.53. The van der Waals surface area contributed by atoms with Crippen LogP contribution in [0, 0.1) is 0 Å². The molecule has 1 aromatic carbocycles. The maximum Gasteiger partial charge on any atom is 0.328 e. The first-order valence-corrected chi connectivity index (χ1v) is 6.99. The van der Waals surface area contributed by atoms with Crippen molar-refractivity contribution < 1.29 is 9.90 Å². The quantitative estimate of drug-likeness (QED) is 0.662. The molecule has 0 radical (unpaired) electrons. The molecule has 0 saturated carbocycles. The molecule has 0 aliphatic carbocycles. The number of nitrogens with one attached hydrogen (secondary N) is 1. The highest BCUT2D eigenvalue weighted by Gasteiger charge is 2.35. The van der Waals surface area contributed by atoms with Gasteiger partial charge in [-0.05, 0) is 23.8 Å². The number of hydrogen-bond acceptors (Lipinski definition) is 3. The van der Waals surface area contributed by atoms with Crippen molar-refractivity contribution in [3.8, 4) is 0 Å². The molecule has 2 aliphatic heterocycles. The van der Waals surface area contributed by atoms with Gasteiger partial charge < -0.3 is 5.11 Å². The van der Waals surface area contributed by atoms with Gasteiger partial charge >= 0.3 is 5.97 Å². The summed E-state index contributed by atoms with van der Waals surface area (Å²) >= 11 is 0. The molecule has 0 amide bonds. The molecule has 0 aromatic heterocycles. The first-order chi connectivity index (χ1) is 10.7. The summed E-state index contributed by atoms with van der Waals surface area (Å²) in [5.74, 6) is -0.959. The van der Waals surface area contributed by atoms with Gasteiger partial charge in [0.1, 0.15) is 5.54 Å². The van der Waals surface area contributed by atoms with Gasteiger partial charge in [0.15, 0.2) is 0 Å². The lowest BCUT2D eigenvalue weighted by Gasteiger charge is -2.28. The Morgan fingerprint density at radius 1 is 1.18 bits per heavy atom. The van der Waals surface area contributed by atoms with Gasteiger partial charge in [-0.1, -0.05) is 54.6 Å². The summed E-state index contributed by atoms with van der Waals surface area (Å²) in [7, 11) is 0. The monoisotopic (exact) mass is 292 g/mol. The van der Waals surface area contributed by atoms with Crippen LogP contribution in [0.4, 0.5) is 0 Å². The van der Waals surface area contributed by atoms with E-state index in [-0.39, 0.29) is 0 Å². The molecule has 2 N–H and O–H groups in total. The molecule has 0 bridgehead atoms. The number of rotatable bonds is 4. The average molecular weight is 292 g/mol. The summed E-state index contributed by atoms with van der Waals surface area (Å²) in [5, 5.41) is 10.6. The molecule has 0 fully saturated rings. The Balaban J connectivity index is 1.98. The average Bonchev–Trinajstić information content (AvgIpc) is 2.92. The van der Waals surface area contributed by atoms with Crippen molar-refractivity contribution in [3.63, 3.8) is 0 Å². The predicted molar refractivity (Wildman–Crippen MR) is 85.4 cm³/mol. The van der Waals surface area contributed by atoms with E-state index < -0.39 is 11.5 Å². The van der Waals surface area contributed by atoms with Crippen LogP contribution >= 0.6 is 0 Å². The third-order valence-electron chi connectivity index (χ3n) is 3.53. The van der Waals surface area contributed by atoms with Crippen molar-refractivity contribution in [1.82, 2.24) is 10.4 Å². The number of aliphatic carboxylic acids is 1. The Bertz CT molecular complexity index is 714. The van der Waals surface area contributed by atoms with E-state index >= 15 is 0 Å². The number of hydrogen-bond donors (Lipinski definition) is 2. The van der Waals surface area contributed by atoms with E-state index in [4.69, 9.17) is 5.11 Å². The molecule has 0 spiro atoms. The van der Waals surface area contributed by atoms with Crippen LogP contribution in [0.2, 0.25) is 0 Å². The summed E-state index contributed by atoms with van der Waals surface area (Å²) < 4.78 is 0. The van der Waals surface area contributed by atoms with Crippen LogP contribution in [0.15, 0.2) is 90.8 Å². The number of nitrogens with zero attached hydrogens (tertiary/aromatic N) is 1. The minimum absolute atomic E-state index is 0.502. The number of carboxylic acid groups (broad SMARTS) is 1. The van der Waals surface area contributed by atoms with E-state index in [0.29, 0.717) is 0 Å². The van der Waals surface area contributed by atoms with Gasteiger partial charge in [0, 0.05) is 12.3 Å². The molecule has 4 nitrogen and oxygen atoms in total. The number of allylic oxidation sites excluding steroid dienone is 5. The Labute approximate surface area is 129 Å². The van der Waals surface area contributed by atoms with Gasteiger partial charge in [0.25, 0.3) is 0 Å². The minimum Gasteiger partial charge on any atom is -0.478 e. The van der Waals surface area contributed by atoms with Gasteiger partial charge in [-0.2, -0.15) is 0 Å². The van der Waals surface area contributed by atoms with Crippen molar-refractivity contribution in [1.29, 1.82) is 0 Å². The number of benzene rings is 1. The molecule has 4 heteroatoms. The predicted octanol–water partition coefficient (Wildman–Crippen LogP) is 2.87. The fourth-order valence-corrected chi connectivity index (χ4v) is 2.53. The van der Waals surface area contributed by atoms with Crippen LogP contribution in [-0.2, 0) is 10.3 Å². The largest absolute Gasteiger partial charge is 0.478 e. The smallest absolute Gasteiger partial charge is 0.328 e. The molecule has 0 saturated heterocycles. The van der Waals surface area contributed by atoms with Crippen LogP contribution in [0.1, 0.15) is 5.56 Å². The van der Waals surface area contributed by atoms with Gasteiger partial charge in [-0.3, -0.25) is 5.01 Å². The Hall–Kier alpha value is -2.85. The highest BCUT2D eigenvalue weighted by molar-refractivity contribution is 5.80. The van der Waals surface area contributed by atoms with Crippen LogP contribution in [0.25, 0.3) is 0 Å². The van der Waals surface area contributed by atoms with Crippen molar-refractivity contribution in [2.45, 2.75) is 5.54 Å². The Morgan fingerprint density at radius 2 is 2.00 bits per heavy atom. The standard InChI is InChI=1S/C18H16N2O2/c21-17(22)11-4-6-12-18(15-8-2-1-3-9-15)14-16-10-5-7-13-20(16)19-18/h1-14,19H,(H,21,22). The second kappa shape index (κ2) is 5.87. The van der Waals surface area contributed by atoms with Crippen molar-refractivity contribution in [3.05, 3.63) is 96.4 Å². The van der Waals surface area contributed by atoms with Crippen LogP contribution in [-0.4, -0.2) is 16.1 Å². The van der Waals surface area contributed by atoms with E-state index in [1.807, 2.05) is 65.8 Å². The Morgan fingerprint density at radius 3 is 2.73 bits per heavy atom. The summed E-state index contributed by atoms with van der Waals surface area (Å²) in [5.41, 5.74) is 5.08. The zero-order valence-corrected chi connectivity index (χ0v) is 11.9. The maximum absolute atomic E-state index is 10.6. The lowest BCUT2D eigenvalue weighted by Crippen LogP contribution is -2.41. The number of carbonyl (C=O) groups is 1. The van der Waals surface area contributed by atoms with Crippen molar-refractivity contribution in [2.75, 3.05) is 0 Å². The van der Waals surface area contributed by atoms with E-state index in [0.717, 1.165) is 17.3 Å². The molecule has 22 heavy (non-hydrogen) atoms. The summed E-state index contributed by atoms with van der Waals surface area (Å²) in [6.45, 7) is 0. The maximum atomic E-state index is 10.6. The SMILES string of the molecule is O=C(O)C=CC=CC1(c2ccccc2)C=C2C=CC=CN2N1. The third-order valence-corrected chi connectivity index (χ3v) is 3.53. The number of hydrazine groups is 1. The van der Waals surface area contributed by atoms with E-state index in [2.05, 4.69) is 11.5 Å². The van der Waals surface area contributed by atoms with Gasteiger partial charge in [-0.15, -0.1) is 0 Å². The summed E-state index contributed by atoms with van der Waals surface area (Å²) in [6.07, 6.45) is 16.4. The van der Waals surface area contributed by atoms with Crippen molar-refractivity contribution in [2.24, 2.45) is 0 Å². The highest BCUT2D eigenvalue weighted by Crippen LogP contribution is 2.34. The van der Waals surface area contributed by atoms with Crippen LogP contribution in [0.3, 0.4) is 0 Å². The van der Waals surface area contributed by atoms with Crippen LogP contribution in [0.5, 0.6) is 0 Å². The molecule has 110 valence electrons. The molecule has 1 unspecified atom stereocenters. The normalized spacial score (nSPS) is 23.3. The summed E-state index contributed by atoms with van der Waals surface area (Å²) in [4.78, 5) is 10.6. The molecule has 2 heterocycles. The zero-order valence-electron chi connectivity index (χ0n) is 11.9. The second-order valence-corrected chi connectivity index (χ2v) is 5.04. The van der Waals surface area contributed by atoms with Gasteiger partial charge in [0.05, 0.1) is 5.70 Å². The third kappa shape index (κ3) is 2.77. The Kier molecular flexibility index (Phi) is 3.76. The second-order valence-electron chi connectivity index (χ2n) is 5.04. The molecule has 1 aromatic rings. The number of carboxylic acids is 1. The molecular weight excluding hydrogens is 276 g/mol. The van der Waals surface area contributed by atoms with Crippen LogP contribution < -0.4 is 5.43 Å². The van der Waals surface area contributed by atoms with E-state index in [1.54, 1.807) is 6.08 Å². The number of fused-ring (bicyclic) bond motifs is 1. The van der Waals surface area contributed by atoms with Gasteiger partial charge in [0.2, 0.25) is 0 Å². The zero-order chi connectivity index (χ0) is 15.4. The molecule has 2 aliphatic rings. The topological polar surface area (TPSA) is 52.6 Å².